The fraction of sp³-hybridized carbons (Fsp3) is 0.632. The Kier molecular flexibility index (Phi) is 6.08. The van der Waals surface area contributed by atoms with E-state index in [4.69, 9.17) is 0 Å². The maximum atomic E-state index is 11.9. The second-order valence-corrected chi connectivity index (χ2v) is 7.21. The highest BCUT2D eigenvalue weighted by molar-refractivity contribution is 5.86. The fourth-order valence-corrected chi connectivity index (χ4v) is 3.58. The maximum absolute atomic E-state index is 11.9. The maximum Gasteiger partial charge on any atom is 0.234 e. The zero-order chi connectivity index (χ0) is 18.5. The van der Waals surface area contributed by atoms with E-state index in [1.807, 2.05) is 13.0 Å². The van der Waals surface area contributed by atoms with Gasteiger partial charge in [0.15, 0.2) is 5.82 Å². The molecule has 0 aromatic carbocycles. The number of aromatic amines is 1. The lowest BCUT2D eigenvalue weighted by Crippen LogP contribution is -2.40. The Morgan fingerprint density at radius 2 is 2.08 bits per heavy atom. The van der Waals surface area contributed by atoms with Gasteiger partial charge in [0.25, 0.3) is 0 Å². The van der Waals surface area contributed by atoms with Crippen LogP contribution in [-0.2, 0) is 4.79 Å². The Hall–Kier alpha value is -2.15. The molecule has 2 heterocycles. The molecule has 0 saturated heterocycles. The SMILES string of the molecule is CCN(CC)CC(=O)NCCC1CC(Nc2ncnc3cc(C)[nH]c23)C1. The summed E-state index contributed by atoms with van der Waals surface area (Å²) >= 11 is 0. The van der Waals surface area contributed by atoms with E-state index in [0.29, 0.717) is 18.5 Å². The molecule has 1 fully saturated rings. The highest BCUT2D eigenvalue weighted by atomic mass is 16.2. The number of aromatic nitrogens is 3. The molecule has 0 atom stereocenters. The van der Waals surface area contributed by atoms with Crippen molar-refractivity contribution in [2.45, 2.75) is 46.1 Å². The van der Waals surface area contributed by atoms with Gasteiger partial charge < -0.3 is 15.6 Å². The lowest BCUT2D eigenvalue weighted by atomic mass is 9.78. The van der Waals surface area contributed by atoms with E-state index in [0.717, 1.165) is 61.4 Å². The van der Waals surface area contributed by atoms with Crippen molar-refractivity contribution in [3.05, 3.63) is 18.1 Å². The third-order valence-electron chi connectivity index (χ3n) is 5.26. The molecule has 3 N–H and O–H groups in total. The number of carbonyl (C=O) groups is 1. The van der Waals surface area contributed by atoms with Crippen LogP contribution < -0.4 is 10.6 Å². The largest absolute Gasteiger partial charge is 0.365 e. The third kappa shape index (κ3) is 4.52. The number of likely N-dealkylation sites (N-methyl/N-ethyl adjacent to an activating group) is 1. The van der Waals surface area contributed by atoms with Crippen molar-refractivity contribution in [1.82, 2.24) is 25.2 Å². The Bertz CT molecular complexity index is 733. The van der Waals surface area contributed by atoms with Crippen molar-refractivity contribution in [1.29, 1.82) is 0 Å². The first-order valence-electron chi connectivity index (χ1n) is 9.65. The molecule has 142 valence electrons. The quantitative estimate of drug-likeness (QED) is 0.640. The normalized spacial score (nSPS) is 19.5. The minimum atomic E-state index is 0.133. The zero-order valence-corrected chi connectivity index (χ0v) is 16.0. The van der Waals surface area contributed by atoms with Gasteiger partial charge >= 0.3 is 0 Å². The van der Waals surface area contributed by atoms with Gasteiger partial charge in [0.2, 0.25) is 5.91 Å². The van der Waals surface area contributed by atoms with Crippen LogP contribution in [0.1, 0.15) is 38.8 Å². The molecule has 2 aromatic heterocycles. The van der Waals surface area contributed by atoms with Gasteiger partial charge in [-0.25, -0.2) is 9.97 Å². The molecule has 1 saturated carbocycles. The predicted octanol–water partition coefficient (Wildman–Crippen LogP) is 2.30. The monoisotopic (exact) mass is 358 g/mol. The van der Waals surface area contributed by atoms with Crippen LogP contribution >= 0.6 is 0 Å². The van der Waals surface area contributed by atoms with Crippen LogP contribution in [0.5, 0.6) is 0 Å². The number of hydrogen-bond acceptors (Lipinski definition) is 5. The van der Waals surface area contributed by atoms with Crippen LogP contribution in [0.2, 0.25) is 0 Å². The number of hydrogen-bond donors (Lipinski definition) is 3. The molecule has 7 nitrogen and oxygen atoms in total. The van der Waals surface area contributed by atoms with Gasteiger partial charge in [0.1, 0.15) is 11.8 Å². The fourth-order valence-electron chi connectivity index (χ4n) is 3.58. The van der Waals surface area contributed by atoms with Gasteiger partial charge in [-0.1, -0.05) is 13.8 Å². The first-order chi connectivity index (χ1) is 12.6. The molecule has 26 heavy (non-hydrogen) atoms. The highest BCUT2D eigenvalue weighted by Gasteiger charge is 2.29. The number of anilines is 1. The van der Waals surface area contributed by atoms with Crippen molar-refractivity contribution in [3.63, 3.8) is 0 Å². The topological polar surface area (TPSA) is 85.9 Å². The molecule has 2 aromatic rings. The van der Waals surface area contributed by atoms with Crippen LogP contribution in [0.3, 0.4) is 0 Å². The van der Waals surface area contributed by atoms with E-state index in [9.17, 15) is 4.79 Å². The molecule has 1 aliphatic carbocycles. The number of amides is 1. The smallest absolute Gasteiger partial charge is 0.234 e. The van der Waals surface area contributed by atoms with Gasteiger partial charge in [-0.15, -0.1) is 0 Å². The summed E-state index contributed by atoms with van der Waals surface area (Å²) in [6.07, 6.45) is 4.90. The van der Waals surface area contributed by atoms with Crippen LogP contribution in [0, 0.1) is 12.8 Å². The van der Waals surface area contributed by atoms with Gasteiger partial charge in [-0.05, 0) is 51.3 Å². The first kappa shape index (κ1) is 18.6. The number of rotatable bonds is 9. The summed E-state index contributed by atoms with van der Waals surface area (Å²) < 4.78 is 0. The number of nitrogens with one attached hydrogen (secondary N) is 3. The molecule has 0 aliphatic heterocycles. The molecular weight excluding hydrogens is 328 g/mol. The van der Waals surface area contributed by atoms with Crippen LogP contribution in [0.15, 0.2) is 12.4 Å². The van der Waals surface area contributed by atoms with Crippen LogP contribution in [0.25, 0.3) is 11.0 Å². The lowest BCUT2D eigenvalue weighted by molar-refractivity contribution is -0.122. The Morgan fingerprint density at radius 3 is 2.81 bits per heavy atom. The van der Waals surface area contributed by atoms with Crippen molar-refractivity contribution in [2.24, 2.45) is 5.92 Å². The molecule has 1 aliphatic rings. The number of aryl methyl sites for hydroxylation is 1. The van der Waals surface area contributed by atoms with Gasteiger partial charge in [-0.2, -0.15) is 0 Å². The van der Waals surface area contributed by atoms with Crippen molar-refractivity contribution in [2.75, 3.05) is 31.5 Å². The predicted molar refractivity (Wildman–Crippen MR) is 104 cm³/mol. The second-order valence-electron chi connectivity index (χ2n) is 7.21. The highest BCUT2D eigenvalue weighted by Crippen LogP contribution is 2.33. The zero-order valence-electron chi connectivity index (χ0n) is 16.0. The summed E-state index contributed by atoms with van der Waals surface area (Å²) in [5.74, 6) is 1.69. The van der Waals surface area contributed by atoms with E-state index in [1.54, 1.807) is 6.33 Å². The summed E-state index contributed by atoms with van der Waals surface area (Å²) in [7, 11) is 0. The van der Waals surface area contributed by atoms with Gasteiger partial charge in [0.05, 0.1) is 12.1 Å². The standard InChI is InChI=1S/C19H30N6O/c1-4-25(5-2)11-17(26)20-7-6-14-9-15(10-14)24-19-18-16(21-12-22-19)8-13(3)23-18/h8,12,14-15,23H,4-7,9-11H2,1-3H3,(H,20,26)(H,21,22,24). The van der Waals surface area contributed by atoms with E-state index in [1.165, 1.54) is 0 Å². The first-order valence-corrected chi connectivity index (χ1v) is 9.65. The number of H-pyrrole nitrogens is 1. The van der Waals surface area contributed by atoms with E-state index < -0.39 is 0 Å². The average Bonchev–Trinajstić information content (AvgIpc) is 2.98. The minimum Gasteiger partial charge on any atom is -0.365 e. The summed E-state index contributed by atoms with van der Waals surface area (Å²) in [4.78, 5) is 26.0. The van der Waals surface area contributed by atoms with E-state index >= 15 is 0 Å². The van der Waals surface area contributed by atoms with Crippen LogP contribution in [-0.4, -0.2) is 58.0 Å². The molecule has 0 radical (unpaired) electrons. The average molecular weight is 358 g/mol. The lowest BCUT2D eigenvalue weighted by Gasteiger charge is -2.36. The minimum absolute atomic E-state index is 0.133. The molecule has 7 heteroatoms. The summed E-state index contributed by atoms with van der Waals surface area (Å²) in [5, 5.41) is 6.57. The molecule has 0 spiro atoms. The van der Waals surface area contributed by atoms with Crippen molar-refractivity contribution >= 4 is 22.8 Å². The van der Waals surface area contributed by atoms with E-state index in [2.05, 4.69) is 44.3 Å². The number of fused-ring (bicyclic) bond motifs is 1. The number of nitrogens with zero attached hydrogens (tertiary/aromatic N) is 3. The van der Waals surface area contributed by atoms with Crippen molar-refractivity contribution < 1.29 is 4.79 Å². The molecule has 0 unspecified atom stereocenters. The Balaban J connectivity index is 1.37. The summed E-state index contributed by atoms with van der Waals surface area (Å²) in [6, 6.07) is 2.49. The second kappa shape index (κ2) is 8.49. The molecule has 3 rings (SSSR count). The Morgan fingerprint density at radius 1 is 1.31 bits per heavy atom. The van der Waals surface area contributed by atoms with Crippen molar-refractivity contribution in [3.8, 4) is 0 Å². The van der Waals surface area contributed by atoms with E-state index in [-0.39, 0.29) is 5.91 Å². The van der Waals surface area contributed by atoms with Gasteiger partial charge in [0, 0.05) is 18.3 Å². The summed E-state index contributed by atoms with van der Waals surface area (Å²) in [5.41, 5.74) is 3.03. The molecule has 1 amide bonds. The molecular formula is C19H30N6O. The summed E-state index contributed by atoms with van der Waals surface area (Å²) in [6.45, 7) is 9.29. The van der Waals surface area contributed by atoms with Crippen LogP contribution in [0.4, 0.5) is 5.82 Å². The third-order valence-corrected chi connectivity index (χ3v) is 5.26. The number of carbonyl (C=O) groups excluding carboxylic acids is 1. The Labute approximate surface area is 155 Å². The van der Waals surface area contributed by atoms with Gasteiger partial charge in [-0.3, -0.25) is 9.69 Å². The molecule has 0 bridgehead atoms.